The van der Waals surface area contributed by atoms with Gasteiger partial charge in [0.1, 0.15) is 11.4 Å². The standard InChI is InChI=1S/C19H15ClFN3O2/c1-12-10-18(26-24-12)17(11-22-15-8-4-14(21)5-9-15)19(25)23-16-6-2-13(20)3-7-16/h2-11,22H,1H3,(H,23,25)/b17-11+. The van der Waals surface area contributed by atoms with Gasteiger partial charge in [-0.25, -0.2) is 4.39 Å². The molecule has 1 heterocycles. The van der Waals surface area contributed by atoms with Crippen LogP contribution in [0.3, 0.4) is 0 Å². The predicted molar refractivity (Wildman–Crippen MR) is 99.3 cm³/mol. The second-order valence-corrected chi connectivity index (χ2v) is 5.94. The van der Waals surface area contributed by atoms with Crippen molar-refractivity contribution >= 4 is 34.5 Å². The third-order valence-corrected chi connectivity index (χ3v) is 3.72. The molecular weight excluding hydrogens is 357 g/mol. The first kappa shape index (κ1) is 17.7. The maximum Gasteiger partial charge on any atom is 0.261 e. The molecule has 5 nitrogen and oxygen atoms in total. The van der Waals surface area contributed by atoms with Crippen molar-refractivity contribution in [1.82, 2.24) is 5.16 Å². The number of rotatable bonds is 5. The number of anilines is 2. The van der Waals surface area contributed by atoms with E-state index in [1.165, 1.54) is 18.3 Å². The quantitative estimate of drug-likeness (QED) is 0.628. The molecule has 2 aromatic carbocycles. The summed E-state index contributed by atoms with van der Waals surface area (Å²) >= 11 is 5.85. The highest BCUT2D eigenvalue weighted by molar-refractivity contribution is 6.30. The molecule has 0 unspecified atom stereocenters. The molecule has 0 bridgehead atoms. The van der Waals surface area contributed by atoms with Crippen molar-refractivity contribution in [2.45, 2.75) is 6.92 Å². The van der Waals surface area contributed by atoms with Crippen LogP contribution in [0.25, 0.3) is 5.57 Å². The maximum atomic E-state index is 13.0. The number of aryl methyl sites for hydroxylation is 1. The molecule has 26 heavy (non-hydrogen) atoms. The number of aromatic nitrogens is 1. The van der Waals surface area contributed by atoms with Crippen molar-refractivity contribution in [3.8, 4) is 0 Å². The molecule has 0 spiro atoms. The van der Waals surface area contributed by atoms with E-state index in [-0.39, 0.29) is 11.4 Å². The van der Waals surface area contributed by atoms with Gasteiger partial charge in [-0.1, -0.05) is 16.8 Å². The van der Waals surface area contributed by atoms with Crippen LogP contribution < -0.4 is 10.6 Å². The number of carbonyl (C=O) groups excluding carboxylic acids is 1. The van der Waals surface area contributed by atoms with Crippen LogP contribution in [0.15, 0.2) is 65.3 Å². The zero-order chi connectivity index (χ0) is 18.5. The van der Waals surface area contributed by atoms with Crippen LogP contribution >= 0.6 is 11.6 Å². The molecule has 0 saturated carbocycles. The van der Waals surface area contributed by atoms with Gasteiger partial charge in [-0.15, -0.1) is 0 Å². The summed E-state index contributed by atoms with van der Waals surface area (Å²) in [5.41, 5.74) is 2.10. The summed E-state index contributed by atoms with van der Waals surface area (Å²) in [5, 5.41) is 10.1. The lowest BCUT2D eigenvalue weighted by molar-refractivity contribution is -0.111. The van der Waals surface area contributed by atoms with Crippen molar-refractivity contribution < 1.29 is 13.7 Å². The lowest BCUT2D eigenvalue weighted by Crippen LogP contribution is -2.14. The van der Waals surface area contributed by atoms with Crippen molar-refractivity contribution in [2.24, 2.45) is 0 Å². The minimum atomic E-state index is -0.391. The van der Waals surface area contributed by atoms with Crippen LogP contribution in [-0.4, -0.2) is 11.1 Å². The molecular formula is C19H15ClFN3O2. The van der Waals surface area contributed by atoms with Crippen LogP contribution in [0.5, 0.6) is 0 Å². The van der Waals surface area contributed by atoms with Gasteiger partial charge in [0, 0.05) is 28.7 Å². The van der Waals surface area contributed by atoms with Gasteiger partial charge in [0.15, 0.2) is 5.76 Å². The fraction of sp³-hybridized carbons (Fsp3) is 0.0526. The molecule has 0 fully saturated rings. The highest BCUT2D eigenvalue weighted by atomic mass is 35.5. The molecule has 0 aliphatic carbocycles. The number of amides is 1. The van der Waals surface area contributed by atoms with Gasteiger partial charge in [-0.05, 0) is 55.5 Å². The van der Waals surface area contributed by atoms with Crippen LogP contribution in [0, 0.1) is 12.7 Å². The average molecular weight is 372 g/mol. The van der Waals surface area contributed by atoms with Crippen LogP contribution in [0.4, 0.5) is 15.8 Å². The summed E-state index contributed by atoms with van der Waals surface area (Å²) < 4.78 is 18.2. The Morgan fingerprint density at radius 2 is 1.77 bits per heavy atom. The highest BCUT2D eigenvalue weighted by Crippen LogP contribution is 2.20. The van der Waals surface area contributed by atoms with E-state index < -0.39 is 5.91 Å². The molecule has 0 aliphatic rings. The Bertz CT molecular complexity index is 934. The monoisotopic (exact) mass is 371 g/mol. The molecule has 0 aliphatic heterocycles. The summed E-state index contributed by atoms with van der Waals surface area (Å²) in [5.74, 6) is -0.423. The SMILES string of the molecule is Cc1cc(/C(=C\Nc2ccc(F)cc2)C(=O)Nc2ccc(Cl)cc2)on1. The van der Waals surface area contributed by atoms with E-state index >= 15 is 0 Å². The molecule has 0 radical (unpaired) electrons. The minimum Gasteiger partial charge on any atom is -0.361 e. The van der Waals surface area contributed by atoms with Crippen LogP contribution in [0.1, 0.15) is 11.5 Å². The van der Waals surface area contributed by atoms with E-state index in [1.807, 2.05) is 0 Å². The lowest BCUT2D eigenvalue weighted by Gasteiger charge is -2.08. The second kappa shape index (κ2) is 7.84. The van der Waals surface area contributed by atoms with Crippen molar-refractivity contribution in [2.75, 3.05) is 10.6 Å². The summed E-state index contributed by atoms with van der Waals surface area (Å²) in [6, 6.07) is 14.2. The first-order valence-electron chi connectivity index (χ1n) is 7.74. The van der Waals surface area contributed by atoms with Crippen molar-refractivity contribution in [3.63, 3.8) is 0 Å². The largest absolute Gasteiger partial charge is 0.361 e. The lowest BCUT2D eigenvalue weighted by atomic mass is 10.2. The third-order valence-electron chi connectivity index (χ3n) is 3.47. The zero-order valence-corrected chi connectivity index (χ0v) is 14.5. The summed E-state index contributed by atoms with van der Waals surface area (Å²) in [6.07, 6.45) is 1.48. The third kappa shape index (κ3) is 4.49. The molecule has 0 saturated heterocycles. The van der Waals surface area contributed by atoms with E-state index in [4.69, 9.17) is 16.1 Å². The summed E-state index contributed by atoms with van der Waals surface area (Å²) in [4.78, 5) is 12.7. The number of nitrogens with zero attached hydrogens (tertiary/aromatic N) is 1. The Hall–Kier alpha value is -3.12. The Kier molecular flexibility index (Phi) is 5.34. The summed E-state index contributed by atoms with van der Waals surface area (Å²) in [7, 11) is 0. The van der Waals surface area contributed by atoms with Gasteiger partial charge in [-0.3, -0.25) is 4.79 Å². The van der Waals surface area contributed by atoms with E-state index in [1.54, 1.807) is 49.4 Å². The van der Waals surface area contributed by atoms with E-state index in [9.17, 15) is 9.18 Å². The van der Waals surface area contributed by atoms with Crippen LogP contribution in [0.2, 0.25) is 5.02 Å². The fourth-order valence-corrected chi connectivity index (χ4v) is 2.30. The van der Waals surface area contributed by atoms with Gasteiger partial charge < -0.3 is 15.2 Å². The molecule has 3 aromatic rings. The molecule has 132 valence electrons. The van der Waals surface area contributed by atoms with Gasteiger partial charge in [0.25, 0.3) is 5.91 Å². The Balaban J connectivity index is 1.84. The van der Waals surface area contributed by atoms with E-state index in [0.29, 0.717) is 27.9 Å². The number of carbonyl (C=O) groups is 1. The maximum absolute atomic E-state index is 13.0. The number of hydrogen-bond acceptors (Lipinski definition) is 4. The number of hydrogen-bond donors (Lipinski definition) is 2. The number of halogens is 2. The number of benzene rings is 2. The molecule has 2 N–H and O–H groups in total. The highest BCUT2D eigenvalue weighted by Gasteiger charge is 2.17. The fourth-order valence-electron chi connectivity index (χ4n) is 2.17. The molecule has 1 aromatic heterocycles. The van der Waals surface area contributed by atoms with Crippen molar-refractivity contribution in [3.05, 3.63) is 83.1 Å². The Labute approximate surface area is 154 Å². The van der Waals surface area contributed by atoms with E-state index in [2.05, 4.69) is 15.8 Å². The van der Waals surface area contributed by atoms with Gasteiger partial charge >= 0.3 is 0 Å². The Morgan fingerprint density at radius 1 is 1.12 bits per heavy atom. The predicted octanol–water partition coefficient (Wildman–Crippen LogP) is 4.87. The molecule has 3 rings (SSSR count). The van der Waals surface area contributed by atoms with E-state index in [0.717, 1.165) is 0 Å². The van der Waals surface area contributed by atoms with Gasteiger partial charge in [-0.2, -0.15) is 0 Å². The van der Waals surface area contributed by atoms with Gasteiger partial charge in [0.2, 0.25) is 0 Å². The second-order valence-electron chi connectivity index (χ2n) is 5.50. The normalized spacial score (nSPS) is 11.3. The molecule has 7 heteroatoms. The number of nitrogens with one attached hydrogen (secondary N) is 2. The van der Waals surface area contributed by atoms with Gasteiger partial charge in [0.05, 0.1) is 5.69 Å². The topological polar surface area (TPSA) is 67.2 Å². The van der Waals surface area contributed by atoms with Crippen molar-refractivity contribution in [1.29, 1.82) is 0 Å². The zero-order valence-electron chi connectivity index (χ0n) is 13.8. The molecule has 1 amide bonds. The first-order chi connectivity index (χ1) is 12.5. The Morgan fingerprint density at radius 3 is 2.38 bits per heavy atom. The summed E-state index contributed by atoms with van der Waals surface area (Å²) in [6.45, 7) is 1.76. The van der Waals surface area contributed by atoms with Crippen LogP contribution in [-0.2, 0) is 4.79 Å². The average Bonchev–Trinajstić information content (AvgIpc) is 3.05. The minimum absolute atomic E-state index is 0.241. The smallest absolute Gasteiger partial charge is 0.261 e. The molecule has 0 atom stereocenters. The first-order valence-corrected chi connectivity index (χ1v) is 8.12.